The van der Waals surface area contributed by atoms with Gasteiger partial charge in [-0.15, -0.1) is 0 Å². The van der Waals surface area contributed by atoms with Gasteiger partial charge in [0, 0.05) is 42.5 Å². The Kier molecular flexibility index (Phi) is 12.2. The summed E-state index contributed by atoms with van der Waals surface area (Å²) >= 11 is 0. The van der Waals surface area contributed by atoms with Crippen LogP contribution in [0.2, 0.25) is 0 Å². The second-order valence-electron chi connectivity index (χ2n) is 11.6. The maximum atomic E-state index is 13.9. The van der Waals surface area contributed by atoms with E-state index in [1.165, 1.54) is 12.5 Å². The van der Waals surface area contributed by atoms with Crippen molar-refractivity contribution in [3.05, 3.63) is 119 Å². The van der Waals surface area contributed by atoms with Crippen LogP contribution in [0.5, 0.6) is 0 Å². The van der Waals surface area contributed by atoms with Crippen LogP contribution in [0.15, 0.2) is 85.1 Å². The average molecular weight is 565 g/mol. The second-order valence-corrected chi connectivity index (χ2v) is 11.6. The number of allylic oxidation sites excluding steroid dienone is 2. The number of carbonyl (C=O) groups is 1. The molecule has 4 rings (SSSR count). The van der Waals surface area contributed by atoms with Crippen LogP contribution >= 0.6 is 0 Å². The fraction of sp³-hybridized carbons (Fsp3) is 0.378. The predicted octanol–water partition coefficient (Wildman–Crippen LogP) is 9.10. The van der Waals surface area contributed by atoms with Crippen LogP contribution in [0, 0.1) is 31.5 Å². The van der Waals surface area contributed by atoms with Gasteiger partial charge in [0.25, 0.3) is 5.91 Å². The van der Waals surface area contributed by atoms with Gasteiger partial charge in [0.1, 0.15) is 13.7 Å². The fourth-order valence-corrected chi connectivity index (χ4v) is 5.12. The van der Waals surface area contributed by atoms with Gasteiger partial charge in [-0.3, -0.25) is 4.79 Å². The van der Waals surface area contributed by atoms with E-state index in [1.807, 2.05) is 61.2 Å². The third-order valence-corrected chi connectivity index (χ3v) is 8.15. The van der Waals surface area contributed by atoms with Crippen LogP contribution in [-0.4, -0.2) is 31.7 Å². The summed E-state index contributed by atoms with van der Waals surface area (Å²) in [5, 5.41) is 0. The van der Waals surface area contributed by atoms with Crippen LogP contribution in [0.25, 0.3) is 5.47 Å². The van der Waals surface area contributed by atoms with Gasteiger partial charge >= 0.3 is 0 Å². The molecule has 0 N–H and O–H groups in total. The average Bonchev–Trinajstić information content (AvgIpc) is 2.99. The van der Waals surface area contributed by atoms with Crippen molar-refractivity contribution in [1.29, 1.82) is 0 Å². The zero-order chi connectivity index (χ0) is 30.8. The number of rotatable bonds is 8. The van der Waals surface area contributed by atoms with Gasteiger partial charge in [0.05, 0.1) is 0 Å². The Morgan fingerprint density at radius 3 is 2.29 bits per heavy atom. The SMILES string of the molecule is CCC(C)C.[B]/C(=C/C)c1ccc(C(=O)N2CCC(C(=C)N(Cc3cccc(F)c3)c3ccccc3C)CC2)cc1C. The molecular formula is C37H46BFN2O. The molecule has 1 amide bonds. The Hall–Kier alpha value is -3.60. The molecule has 0 unspecified atom stereocenters. The molecule has 0 atom stereocenters. The highest BCUT2D eigenvalue weighted by Crippen LogP contribution is 2.33. The first-order chi connectivity index (χ1) is 20.0. The first-order valence-corrected chi connectivity index (χ1v) is 15.1. The molecule has 1 aliphatic rings. The number of hydrogen-bond donors (Lipinski definition) is 0. The minimum Gasteiger partial charge on any atom is -0.341 e. The number of likely N-dealkylation sites (tertiary alicyclic amines) is 1. The van der Waals surface area contributed by atoms with Crippen LogP contribution in [0.1, 0.15) is 79.6 Å². The van der Waals surface area contributed by atoms with Gasteiger partial charge < -0.3 is 9.80 Å². The molecule has 0 bridgehead atoms. The number of anilines is 1. The third kappa shape index (κ3) is 8.70. The molecule has 2 radical (unpaired) electrons. The number of amides is 1. The van der Waals surface area contributed by atoms with E-state index in [-0.39, 0.29) is 17.6 Å². The molecule has 1 heterocycles. The summed E-state index contributed by atoms with van der Waals surface area (Å²) in [7, 11) is 6.07. The van der Waals surface area contributed by atoms with Crippen molar-refractivity contribution in [2.45, 2.75) is 67.3 Å². The molecule has 1 fully saturated rings. The van der Waals surface area contributed by atoms with Gasteiger partial charge in [-0.1, -0.05) is 81.7 Å². The number of nitrogens with zero attached hydrogens (tertiary/aromatic N) is 2. The molecule has 0 aromatic heterocycles. The smallest absolute Gasteiger partial charge is 0.253 e. The van der Waals surface area contributed by atoms with E-state index in [0.717, 1.165) is 52.4 Å². The number of aryl methyl sites for hydroxylation is 2. The second kappa shape index (κ2) is 15.6. The van der Waals surface area contributed by atoms with Gasteiger partial charge in [-0.05, 0) is 92.1 Å². The summed E-state index contributed by atoms with van der Waals surface area (Å²) < 4.78 is 13.9. The van der Waals surface area contributed by atoms with Gasteiger partial charge in [0.2, 0.25) is 0 Å². The first kappa shape index (κ1) is 32.9. The lowest BCUT2D eigenvalue weighted by Crippen LogP contribution is -2.40. The van der Waals surface area contributed by atoms with E-state index in [2.05, 4.69) is 51.3 Å². The monoisotopic (exact) mass is 564 g/mol. The Morgan fingerprint density at radius 1 is 1.05 bits per heavy atom. The summed E-state index contributed by atoms with van der Waals surface area (Å²) in [6.45, 7) is 19.0. The highest BCUT2D eigenvalue weighted by Gasteiger charge is 2.28. The predicted molar refractivity (Wildman–Crippen MR) is 177 cm³/mol. The van der Waals surface area contributed by atoms with E-state index in [9.17, 15) is 9.18 Å². The number of benzene rings is 3. The van der Waals surface area contributed by atoms with Crippen molar-refractivity contribution in [2.24, 2.45) is 11.8 Å². The van der Waals surface area contributed by atoms with Crippen molar-refractivity contribution in [2.75, 3.05) is 18.0 Å². The Balaban J connectivity index is 0.000000892. The lowest BCUT2D eigenvalue weighted by molar-refractivity contribution is 0.0701. The zero-order valence-electron chi connectivity index (χ0n) is 26.3. The maximum absolute atomic E-state index is 13.9. The number of piperidine rings is 1. The largest absolute Gasteiger partial charge is 0.341 e. The Morgan fingerprint density at radius 2 is 1.71 bits per heavy atom. The number of para-hydroxylation sites is 1. The fourth-order valence-electron chi connectivity index (χ4n) is 5.12. The molecule has 0 aliphatic carbocycles. The highest BCUT2D eigenvalue weighted by molar-refractivity contribution is 6.42. The molecule has 3 aromatic carbocycles. The molecule has 42 heavy (non-hydrogen) atoms. The first-order valence-electron chi connectivity index (χ1n) is 15.1. The third-order valence-electron chi connectivity index (χ3n) is 8.15. The van der Waals surface area contributed by atoms with Crippen molar-refractivity contribution >= 4 is 24.9 Å². The molecule has 3 nitrogen and oxygen atoms in total. The summed E-state index contributed by atoms with van der Waals surface area (Å²) in [6.07, 6.45) is 4.84. The highest BCUT2D eigenvalue weighted by atomic mass is 19.1. The lowest BCUT2D eigenvalue weighted by atomic mass is 9.85. The number of halogens is 1. The summed E-state index contributed by atoms with van der Waals surface area (Å²) in [5.74, 6) is 0.926. The molecule has 1 aliphatic heterocycles. The quantitative estimate of drug-likeness (QED) is 0.255. The Bertz CT molecular complexity index is 1390. The molecule has 1 saturated heterocycles. The van der Waals surface area contributed by atoms with Crippen LogP contribution in [-0.2, 0) is 6.54 Å². The van der Waals surface area contributed by atoms with E-state index in [1.54, 1.807) is 12.1 Å². The molecule has 0 saturated carbocycles. The van der Waals surface area contributed by atoms with E-state index < -0.39 is 0 Å². The van der Waals surface area contributed by atoms with Gasteiger partial charge in [-0.2, -0.15) is 0 Å². The molecule has 3 aromatic rings. The molecule has 220 valence electrons. The van der Waals surface area contributed by atoms with Crippen LogP contribution in [0.3, 0.4) is 0 Å². The molecule has 0 spiro atoms. The van der Waals surface area contributed by atoms with Gasteiger partial charge in [0.15, 0.2) is 0 Å². The minimum atomic E-state index is -0.240. The van der Waals surface area contributed by atoms with E-state index >= 15 is 0 Å². The summed E-state index contributed by atoms with van der Waals surface area (Å²) in [5.41, 5.74) is 7.49. The van der Waals surface area contributed by atoms with Crippen molar-refractivity contribution in [3.63, 3.8) is 0 Å². The zero-order valence-corrected chi connectivity index (χ0v) is 26.3. The Labute approximate surface area is 254 Å². The molecule has 5 heteroatoms. The van der Waals surface area contributed by atoms with E-state index in [4.69, 9.17) is 7.85 Å². The van der Waals surface area contributed by atoms with Crippen molar-refractivity contribution < 1.29 is 9.18 Å². The van der Waals surface area contributed by atoms with Crippen LogP contribution in [0.4, 0.5) is 10.1 Å². The number of hydrogen-bond acceptors (Lipinski definition) is 2. The topological polar surface area (TPSA) is 23.6 Å². The summed E-state index contributed by atoms with van der Waals surface area (Å²) in [4.78, 5) is 17.4. The van der Waals surface area contributed by atoms with Crippen molar-refractivity contribution in [3.8, 4) is 0 Å². The van der Waals surface area contributed by atoms with Crippen molar-refractivity contribution in [1.82, 2.24) is 4.90 Å². The maximum Gasteiger partial charge on any atom is 0.253 e. The lowest BCUT2D eigenvalue weighted by Gasteiger charge is -2.38. The van der Waals surface area contributed by atoms with Crippen LogP contribution < -0.4 is 4.90 Å². The van der Waals surface area contributed by atoms with Gasteiger partial charge in [-0.25, -0.2) is 4.39 Å². The summed E-state index contributed by atoms with van der Waals surface area (Å²) in [6, 6.07) is 20.7. The number of carbonyl (C=O) groups excluding carboxylic acids is 1. The standard InChI is InChI=1S/C32H34BFN2O.C5H12/c1-5-30(33)29-14-13-27(19-23(29)3)32(37)35-17-15-26(16-18-35)24(4)36(31-12-7-6-9-22(31)2)21-25-10-8-11-28(34)20-25;1-4-5(2)3/h5-14,19-20,26H,4,15-18,21H2,1-3H3;5H,4H2,1-3H3/b30-5+;. The van der Waals surface area contributed by atoms with E-state index in [0.29, 0.717) is 30.7 Å². The molecular weight excluding hydrogens is 518 g/mol. The minimum absolute atomic E-state index is 0.0493. The normalized spacial score (nSPS) is 13.9.